The van der Waals surface area contributed by atoms with Gasteiger partial charge < -0.3 is 19.2 Å². The predicted molar refractivity (Wildman–Crippen MR) is 128 cm³/mol. The van der Waals surface area contributed by atoms with Crippen LogP contribution in [0.2, 0.25) is 0 Å². The van der Waals surface area contributed by atoms with Crippen LogP contribution in [0.15, 0.2) is 56.2 Å². The summed E-state index contributed by atoms with van der Waals surface area (Å²) in [6.07, 6.45) is 2.30. The molecule has 0 saturated heterocycles. The van der Waals surface area contributed by atoms with Crippen molar-refractivity contribution in [3.8, 4) is 0 Å². The van der Waals surface area contributed by atoms with E-state index in [1.807, 2.05) is 19.9 Å². The fourth-order valence-electron chi connectivity index (χ4n) is 4.99. The number of fused-ring (bicyclic) bond motifs is 1. The number of hydrogen-bond acceptors (Lipinski definition) is 8. The van der Waals surface area contributed by atoms with Crippen molar-refractivity contribution in [1.29, 1.82) is 0 Å². The van der Waals surface area contributed by atoms with Gasteiger partial charge in [-0.2, -0.15) is 0 Å². The molecule has 184 valence electrons. The third kappa shape index (κ3) is 4.17. The molecule has 2 heterocycles. The minimum atomic E-state index is -1.04. The second kappa shape index (κ2) is 9.52. The van der Waals surface area contributed by atoms with Crippen LogP contribution in [0.3, 0.4) is 0 Å². The molecule has 2 aliphatic rings. The number of hydrogen-bond donors (Lipinski definition) is 1. The van der Waals surface area contributed by atoms with E-state index in [1.165, 1.54) is 13.4 Å². The summed E-state index contributed by atoms with van der Waals surface area (Å²) in [6.45, 7) is 7.45. The SMILES string of the molecule is CCCOC(=O)C1=C(C)NC2=C(C(=O)[C@@H](C(=O)OC)[C@@H](C)C2)[C@@H]1c1coc2ccc(C)cc2c1=O. The van der Waals surface area contributed by atoms with E-state index in [1.54, 1.807) is 26.0 Å². The van der Waals surface area contributed by atoms with E-state index < -0.39 is 29.6 Å². The number of nitrogens with one attached hydrogen (secondary N) is 1. The molecule has 1 aromatic heterocycles. The van der Waals surface area contributed by atoms with Crippen molar-refractivity contribution in [3.63, 3.8) is 0 Å². The summed E-state index contributed by atoms with van der Waals surface area (Å²) in [4.78, 5) is 53.2. The van der Waals surface area contributed by atoms with Gasteiger partial charge >= 0.3 is 11.9 Å². The normalized spacial score (nSPS) is 22.1. The van der Waals surface area contributed by atoms with Crippen LogP contribution in [0.4, 0.5) is 0 Å². The van der Waals surface area contributed by atoms with Crippen molar-refractivity contribution in [2.24, 2.45) is 11.8 Å². The number of aryl methyl sites for hydroxylation is 1. The molecule has 0 saturated carbocycles. The number of methoxy groups -OCH3 is 1. The average Bonchev–Trinajstić information content (AvgIpc) is 2.82. The number of esters is 2. The zero-order valence-corrected chi connectivity index (χ0v) is 20.5. The maximum atomic E-state index is 13.8. The van der Waals surface area contributed by atoms with Gasteiger partial charge in [-0.1, -0.05) is 25.5 Å². The van der Waals surface area contributed by atoms with Crippen molar-refractivity contribution in [1.82, 2.24) is 5.32 Å². The molecule has 0 bridgehead atoms. The molecule has 1 aromatic carbocycles. The van der Waals surface area contributed by atoms with Crippen LogP contribution in [0.1, 0.15) is 50.7 Å². The van der Waals surface area contributed by atoms with Gasteiger partial charge in [-0.05, 0) is 44.7 Å². The van der Waals surface area contributed by atoms with Crippen molar-refractivity contribution < 1.29 is 28.3 Å². The molecule has 1 aliphatic carbocycles. The number of dihydropyridines is 1. The standard InChI is InChI=1S/C27H29NO7/c1-6-9-34-27(32)21-15(4)28-18-11-14(3)20(26(31)33-5)25(30)23(18)22(21)17-12-35-19-8-7-13(2)10-16(19)24(17)29/h7-8,10,12,14,20,22,28H,6,9,11H2,1-5H3/t14-,20-,22+/m0/s1. The fourth-order valence-corrected chi connectivity index (χ4v) is 4.99. The van der Waals surface area contributed by atoms with Gasteiger partial charge in [0.15, 0.2) is 11.2 Å². The van der Waals surface area contributed by atoms with Crippen molar-refractivity contribution in [2.45, 2.75) is 46.5 Å². The number of ketones is 1. The Balaban J connectivity index is 1.97. The molecule has 1 N–H and O–H groups in total. The first-order chi connectivity index (χ1) is 16.7. The first kappa shape index (κ1) is 24.4. The summed E-state index contributed by atoms with van der Waals surface area (Å²) in [7, 11) is 1.24. The number of allylic oxidation sites excluding steroid dienone is 3. The van der Waals surface area contributed by atoms with Crippen molar-refractivity contribution >= 4 is 28.7 Å². The molecule has 0 radical (unpaired) electrons. The topological polar surface area (TPSA) is 112 Å². The molecule has 2 aromatic rings. The third-order valence-corrected chi connectivity index (χ3v) is 6.67. The lowest BCUT2D eigenvalue weighted by Gasteiger charge is -2.37. The molecule has 8 heteroatoms. The minimum Gasteiger partial charge on any atom is -0.468 e. The monoisotopic (exact) mass is 479 g/mol. The Morgan fingerprint density at radius 1 is 1.20 bits per heavy atom. The highest BCUT2D eigenvalue weighted by Crippen LogP contribution is 2.45. The van der Waals surface area contributed by atoms with Gasteiger partial charge in [0.1, 0.15) is 11.5 Å². The van der Waals surface area contributed by atoms with Crippen LogP contribution >= 0.6 is 0 Å². The van der Waals surface area contributed by atoms with Crippen LogP contribution < -0.4 is 10.7 Å². The third-order valence-electron chi connectivity index (χ3n) is 6.67. The summed E-state index contributed by atoms with van der Waals surface area (Å²) >= 11 is 0. The Labute approximate surface area is 203 Å². The smallest absolute Gasteiger partial charge is 0.336 e. The Bertz CT molecular complexity index is 1350. The molecule has 35 heavy (non-hydrogen) atoms. The first-order valence-electron chi connectivity index (χ1n) is 11.7. The Morgan fingerprint density at radius 2 is 1.94 bits per heavy atom. The number of Topliss-reactive ketones (excluding diaryl/α,β-unsaturated/α-hetero) is 1. The highest BCUT2D eigenvalue weighted by atomic mass is 16.5. The Kier molecular flexibility index (Phi) is 6.65. The number of benzene rings is 1. The van der Waals surface area contributed by atoms with Crippen LogP contribution in [-0.2, 0) is 23.9 Å². The molecule has 4 rings (SSSR count). The number of rotatable bonds is 5. The number of carbonyl (C=O) groups excluding carboxylic acids is 3. The largest absolute Gasteiger partial charge is 0.468 e. The fraction of sp³-hybridized carbons (Fsp3) is 0.407. The average molecular weight is 480 g/mol. The van der Waals surface area contributed by atoms with E-state index in [-0.39, 0.29) is 34.7 Å². The van der Waals surface area contributed by atoms with Gasteiger partial charge in [-0.3, -0.25) is 14.4 Å². The van der Waals surface area contributed by atoms with Crippen molar-refractivity contribution in [2.75, 3.05) is 13.7 Å². The molecular weight excluding hydrogens is 450 g/mol. The van der Waals surface area contributed by atoms with E-state index in [4.69, 9.17) is 13.9 Å². The Morgan fingerprint density at radius 3 is 2.63 bits per heavy atom. The van der Waals surface area contributed by atoms with Gasteiger partial charge in [0.2, 0.25) is 0 Å². The number of carbonyl (C=O) groups is 3. The molecule has 1 aliphatic heterocycles. The van der Waals surface area contributed by atoms with E-state index >= 15 is 0 Å². The van der Waals surface area contributed by atoms with Crippen LogP contribution in [0.5, 0.6) is 0 Å². The maximum Gasteiger partial charge on any atom is 0.336 e. The van der Waals surface area contributed by atoms with Gasteiger partial charge in [0.25, 0.3) is 0 Å². The van der Waals surface area contributed by atoms with E-state index in [2.05, 4.69) is 5.32 Å². The summed E-state index contributed by atoms with van der Waals surface area (Å²) in [6, 6.07) is 5.26. The lowest BCUT2D eigenvalue weighted by Crippen LogP contribution is -2.44. The second-order valence-electron chi connectivity index (χ2n) is 9.19. The summed E-state index contributed by atoms with van der Waals surface area (Å²) < 4.78 is 16.1. The lowest BCUT2D eigenvalue weighted by molar-refractivity contribution is -0.151. The van der Waals surface area contributed by atoms with Crippen LogP contribution in [0.25, 0.3) is 11.0 Å². The first-order valence-corrected chi connectivity index (χ1v) is 11.7. The summed E-state index contributed by atoms with van der Waals surface area (Å²) in [5.74, 6) is -4.14. The molecule has 0 spiro atoms. The van der Waals surface area contributed by atoms with Gasteiger partial charge in [0.05, 0.1) is 36.9 Å². The molecule has 0 fully saturated rings. The quantitative estimate of drug-likeness (QED) is 0.511. The molecule has 0 unspecified atom stereocenters. The van der Waals surface area contributed by atoms with Gasteiger partial charge in [0, 0.05) is 22.5 Å². The minimum absolute atomic E-state index is 0.145. The number of ether oxygens (including phenoxy) is 2. The molecule has 8 nitrogen and oxygen atoms in total. The zero-order chi connectivity index (χ0) is 25.4. The van der Waals surface area contributed by atoms with E-state index in [9.17, 15) is 19.2 Å². The van der Waals surface area contributed by atoms with Gasteiger partial charge in [-0.15, -0.1) is 0 Å². The maximum absolute atomic E-state index is 13.8. The molecular formula is C27H29NO7. The van der Waals surface area contributed by atoms with E-state index in [0.717, 1.165) is 5.56 Å². The highest BCUT2D eigenvalue weighted by Gasteiger charge is 2.48. The highest BCUT2D eigenvalue weighted by molar-refractivity contribution is 6.12. The Hall–Kier alpha value is -3.68. The van der Waals surface area contributed by atoms with E-state index in [0.29, 0.717) is 35.2 Å². The molecule has 3 atom stereocenters. The van der Waals surface area contributed by atoms with Crippen LogP contribution in [-0.4, -0.2) is 31.4 Å². The summed E-state index contributed by atoms with van der Waals surface area (Å²) in [5, 5.41) is 3.53. The van der Waals surface area contributed by atoms with Crippen LogP contribution in [0, 0.1) is 18.8 Å². The predicted octanol–water partition coefficient (Wildman–Crippen LogP) is 3.67. The molecule has 0 amide bonds. The second-order valence-corrected chi connectivity index (χ2v) is 9.19. The van der Waals surface area contributed by atoms with Crippen molar-refractivity contribution in [3.05, 3.63) is 68.4 Å². The summed E-state index contributed by atoms with van der Waals surface area (Å²) in [5.41, 5.74) is 2.51. The zero-order valence-electron chi connectivity index (χ0n) is 20.5. The lowest BCUT2D eigenvalue weighted by atomic mass is 9.69. The van der Waals surface area contributed by atoms with Gasteiger partial charge in [-0.25, -0.2) is 4.79 Å².